The van der Waals surface area contributed by atoms with Crippen molar-refractivity contribution >= 4 is 106 Å². The van der Waals surface area contributed by atoms with Gasteiger partial charge in [-0.15, -0.1) is 45.6 Å². The van der Waals surface area contributed by atoms with E-state index in [0.717, 1.165) is 143 Å². The number of carbonyl (C=O) groups excluding carboxylic acids is 5. The Morgan fingerprint density at radius 1 is 0.358 bits per heavy atom. The first-order valence-corrected chi connectivity index (χ1v) is 48.9. The van der Waals surface area contributed by atoms with Crippen LogP contribution in [0.5, 0.6) is 0 Å². The molecule has 5 amide bonds. The topological polar surface area (TPSA) is 198 Å². The first kappa shape index (κ1) is 90.3. The van der Waals surface area contributed by atoms with E-state index in [1.807, 2.05) is 46.4 Å². The Morgan fingerprint density at radius 2 is 0.618 bits per heavy atom. The summed E-state index contributed by atoms with van der Waals surface area (Å²) in [5.41, 5.74) is 16.5. The van der Waals surface area contributed by atoms with Crippen LogP contribution in [0.3, 0.4) is 0 Å². The number of carbonyl (C=O) groups is 5. The average molecular weight is 1750 g/mol. The second-order valence-corrected chi connectivity index (χ2v) is 44.1. The number of hydrogen-bond donors (Lipinski definition) is 5. The lowest BCUT2D eigenvalue weighted by molar-refractivity contribution is -0.138. The number of fused-ring (bicyclic) bond motifs is 9. The molecular formula is C100H137ClN12O7S3. The van der Waals surface area contributed by atoms with E-state index in [1.165, 1.54) is 161 Å². The highest BCUT2D eigenvalue weighted by Gasteiger charge is 2.51. The van der Waals surface area contributed by atoms with Crippen LogP contribution in [0.2, 0.25) is 0 Å². The minimum atomic E-state index is -0.551. The van der Waals surface area contributed by atoms with Gasteiger partial charge >= 0.3 is 12.2 Å². The van der Waals surface area contributed by atoms with Gasteiger partial charge in [0.05, 0.1) is 33.3 Å². The van der Waals surface area contributed by atoms with Crippen LogP contribution >= 0.6 is 45.6 Å². The van der Waals surface area contributed by atoms with Crippen molar-refractivity contribution < 1.29 is 33.4 Å². The number of aromatic amines is 3. The van der Waals surface area contributed by atoms with E-state index in [1.54, 1.807) is 38.9 Å². The van der Waals surface area contributed by atoms with Crippen molar-refractivity contribution in [2.24, 2.45) is 0 Å². The third-order valence-electron chi connectivity index (χ3n) is 27.5. The Balaban J connectivity index is 0.000000134. The highest BCUT2D eigenvalue weighted by Crippen LogP contribution is 2.50. The molecule has 15 heterocycles. The molecule has 9 fully saturated rings. The van der Waals surface area contributed by atoms with Crippen molar-refractivity contribution in [1.82, 2.24) is 59.9 Å². The molecule has 9 aromatic rings. The van der Waals surface area contributed by atoms with Crippen molar-refractivity contribution in [1.29, 1.82) is 0 Å². The fourth-order valence-electron chi connectivity index (χ4n) is 21.1. The first-order chi connectivity index (χ1) is 58.4. The van der Waals surface area contributed by atoms with Gasteiger partial charge in [0.25, 0.3) is 0 Å². The van der Waals surface area contributed by atoms with Crippen molar-refractivity contribution in [2.45, 2.75) is 285 Å². The van der Waals surface area contributed by atoms with Crippen molar-refractivity contribution in [3.05, 3.63) is 137 Å². The Kier molecular flexibility index (Phi) is 26.9. The summed E-state index contributed by atoms with van der Waals surface area (Å²) in [7, 11) is 0. The molecular weight excluding hydrogens is 1610 g/mol. The van der Waals surface area contributed by atoms with Gasteiger partial charge in [-0.25, -0.2) is 9.59 Å². The molecule has 0 spiro atoms. The number of thiophene rings is 3. The highest BCUT2D eigenvalue weighted by molar-refractivity contribution is 7.19. The molecule has 0 unspecified atom stereocenters. The Bertz CT molecular complexity index is 5210. The van der Waals surface area contributed by atoms with E-state index < -0.39 is 21.8 Å². The number of piperazine rings is 3. The molecule has 9 aliphatic rings. The average Bonchev–Trinajstić information content (AvgIpc) is 1.60. The molecule has 0 aliphatic carbocycles. The highest BCUT2D eigenvalue weighted by atomic mass is 35.5. The third kappa shape index (κ3) is 19.6. The lowest BCUT2D eigenvalue weighted by atomic mass is 9.88. The number of aromatic nitrogens is 3. The van der Waals surface area contributed by atoms with Gasteiger partial charge in [-0.05, 0) is 309 Å². The second kappa shape index (κ2) is 36.7. The molecule has 3 aromatic carbocycles. The van der Waals surface area contributed by atoms with Crippen LogP contribution in [-0.2, 0) is 59.4 Å². The number of nitrogens with one attached hydrogen (secondary N) is 5. The Morgan fingerprint density at radius 3 is 0.894 bits per heavy atom. The summed E-state index contributed by atoms with van der Waals surface area (Å²) in [4.78, 5) is 99.0. The predicted molar refractivity (Wildman–Crippen MR) is 507 cm³/mol. The van der Waals surface area contributed by atoms with Crippen molar-refractivity contribution in [3.8, 4) is 33.8 Å². The number of H-pyrrole nitrogens is 3. The molecule has 6 aromatic heterocycles. The van der Waals surface area contributed by atoms with Crippen LogP contribution in [0.15, 0.2) is 72.8 Å². The van der Waals surface area contributed by atoms with Crippen LogP contribution in [0, 0.1) is 41.5 Å². The Labute approximate surface area is 747 Å². The molecule has 123 heavy (non-hydrogen) atoms. The maximum Gasteiger partial charge on any atom is 0.410 e. The van der Waals surface area contributed by atoms with E-state index in [-0.39, 0.29) is 17.8 Å². The smallest absolute Gasteiger partial charge is 0.410 e. The molecule has 23 heteroatoms. The normalized spacial score (nSPS) is 21.3. The van der Waals surface area contributed by atoms with E-state index in [0.29, 0.717) is 72.9 Å². The lowest BCUT2D eigenvalue weighted by Gasteiger charge is -2.35. The fourth-order valence-corrected chi connectivity index (χ4v) is 24.9. The number of ether oxygens (including phenoxy) is 2. The van der Waals surface area contributed by atoms with E-state index in [9.17, 15) is 24.0 Å². The van der Waals surface area contributed by atoms with Crippen LogP contribution in [0.1, 0.15) is 225 Å². The summed E-state index contributed by atoms with van der Waals surface area (Å²) in [6.45, 7) is 49.6. The maximum atomic E-state index is 13.9. The zero-order valence-corrected chi connectivity index (χ0v) is 79.9. The Hall–Kier alpha value is -7.54. The number of alkyl halides is 1. The molecule has 19 nitrogen and oxygen atoms in total. The fraction of sp³-hybridized carbons (Fsp3) is 0.590. The number of aryl methyl sites for hydroxylation is 7. The molecule has 18 rings (SSSR count). The van der Waals surface area contributed by atoms with Gasteiger partial charge in [0.2, 0.25) is 17.7 Å². The van der Waals surface area contributed by atoms with Gasteiger partial charge < -0.3 is 64.5 Å². The number of halogens is 1. The van der Waals surface area contributed by atoms with Crippen LogP contribution in [0.4, 0.5) is 9.59 Å². The van der Waals surface area contributed by atoms with Gasteiger partial charge in [-0.3, -0.25) is 19.3 Å². The van der Waals surface area contributed by atoms with Gasteiger partial charge in [0.1, 0.15) is 25.7 Å². The van der Waals surface area contributed by atoms with Gasteiger partial charge in [-0.1, -0.05) is 51.6 Å². The summed E-state index contributed by atoms with van der Waals surface area (Å²) in [6.07, 6.45) is 16.4. The van der Waals surface area contributed by atoms with Crippen LogP contribution < -0.4 is 10.6 Å². The van der Waals surface area contributed by atoms with Crippen LogP contribution in [-0.4, -0.2) is 224 Å². The largest absolute Gasteiger partial charge is 0.444 e. The summed E-state index contributed by atoms with van der Waals surface area (Å²) >= 11 is 11.5. The molecule has 9 saturated heterocycles. The molecule has 0 radical (unpaired) electrons. The zero-order valence-electron chi connectivity index (χ0n) is 76.7. The second-order valence-electron chi connectivity index (χ2n) is 40.6. The summed E-state index contributed by atoms with van der Waals surface area (Å²) in [6, 6.07) is 29.9. The molecule has 9 aliphatic heterocycles. The number of benzene rings is 3. The van der Waals surface area contributed by atoms with E-state index >= 15 is 0 Å². The minimum absolute atomic E-state index is 0.200. The number of rotatable bonds is 17. The molecule has 0 saturated carbocycles. The number of hydrogen-bond acceptors (Lipinski definition) is 14. The van der Waals surface area contributed by atoms with Gasteiger partial charge in [0.15, 0.2) is 0 Å². The van der Waals surface area contributed by atoms with Crippen molar-refractivity contribution in [3.63, 3.8) is 0 Å². The predicted octanol–water partition coefficient (Wildman–Crippen LogP) is 20.0. The number of amides is 5. The number of nitrogens with zero attached hydrogens (tertiary/aromatic N) is 7. The van der Waals surface area contributed by atoms with E-state index in [2.05, 4.69) is 206 Å². The molecule has 0 atom stereocenters. The first-order valence-electron chi connectivity index (χ1n) is 46.0. The summed E-state index contributed by atoms with van der Waals surface area (Å²) in [5.74, 6) is 1.50. The molecule has 664 valence electrons. The molecule has 5 N–H and O–H groups in total. The minimum Gasteiger partial charge on any atom is -0.444 e. The van der Waals surface area contributed by atoms with Crippen LogP contribution in [0.25, 0.3) is 64.4 Å². The van der Waals surface area contributed by atoms with Gasteiger partial charge in [0, 0.05) is 165 Å². The SMILES string of the molecule is CC(C)(C)OC(=O)N1CCNCC1.Cc1cc(C)cc(-c2[nH]c3sc(C(C)(C)C(=O)N4C5CCC4CC5)cc3c2CCCl)c1.Cc1cc(C)cc(-c2[nH]c3sc(C(C)(C)C(=O)N4C5CCC4CC5)cc3c2CCN2CCN(C(=O)OC(C)(C)C)CC2)c1.Cc1cc(C)cc(-c2[nH]c3sc(C(C)(C)C(=O)N4C5CCC4CC5)cc3c2CCN2CCNCC2)c1. The molecule has 6 bridgehead atoms. The summed E-state index contributed by atoms with van der Waals surface area (Å²) < 4.78 is 10.8. The van der Waals surface area contributed by atoms with Gasteiger partial charge in [-0.2, -0.15) is 0 Å². The maximum absolute atomic E-state index is 13.9. The van der Waals surface area contributed by atoms with E-state index in [4.69, 9.17) is 21.1 Å². The monoisotopic (exact) mass is 1750 g/mol. The lowest BCUT2D eigenvalue weighted by Crippen LogP contribution is -2.50. The third-order valence-corrected chi connectivity index (χ3v) is 31.9. The summed E-state index contributed by atoms with van der Waals surface area (Å²) in [5, 5.41) is 10.4. The van der Waals surface area contributed by atoms with Crippen molar-refractivity contribution in [2.75, 3.05) is 97.5 Å². The zero-order chi connectivity index (χ0) is 87.5. The standard InChI is InChI=1S/C35H48N4O3S.C30H40N4OS.C26H31ClN2OS.C9H18N2O2/c1-22-18-23(2)20-24(19-22)30-27(12-13-37-14-16-38(17-15-37)33(41)42-34(3,4)5)28-21-29(43-31(28)36-30)35(6,7)32(40)39-25-8-9-26(39)11-10-25;1-19-15-20(2)17-21(16-19)27-24(9-12-33-13-10-31-11-14-33)25-18-26(36-28(25)32-27)30(3,4)29(35)34-22-5-6-23(34)8-7-22;1-15-11-16(2)13-17(12-15)23-20(9-10-27)21-14-22(31-24(21)28-23)26(3,4)25(30)29-18-5-6-19(29)8-7-18;1-9(2,3)13-8(12)11-6-4-10-5-7-11/h18-21,25-26,36H,8-17H2,1-7H3;15-18,22-23,31-32H,5-14H2,1-4H3;11-14,18-19,28H,5-10H2,1-4H3;10H,4-7H2,1-3H3. The quantitative estimate of drug-likeness (QED) is 0.0544.